The van der Waals surface area contributed by atoms with E-state index in [-0.39, 0.29) is 42.2 Å². The summed E-state index contributed by atoms with van der Waals surface area (Å²) in [5.41, 5.74) is 4.76. The Balaban J connectivity index is 1.03. The predicted octanol–water partition coefficient (Wildman–Crippen LogP) is 4.31. The molecule has 0 spiro atoms. The summed E-state index contributed by atoms with van der Waals surface area (Å²) >= 11 is 0. The molecule has 5 rings (SSSR count). The van der Waals surface area contributed by atoms with Crippen LogP contribution in [0.5, 0.6) is 0 Å². The van der Waals surface area contributed by atoms with E-state index in [1.54, 1.807) is 0 Å². The highest BCUT2D eigenvalue weighted by Crippen LogP contribution is 2.44. The number of ether oxygens (including phenoxy) is 1. The van der Waals surface area contributed by atoms with Gasteiger partial charge in [-0.25, -0.2) is 4.79 Å². The summed E-state index contributed by atoms with van der Waals surface area (Å²) < 4.78 is 5.61. The predicted molar refractivity (Wildman–Crippen MR) is 131 cm³/mol. The van der Waals surface area contributed by atoms with Crippen molar-refractivity contribution in [2.24, 2.45) is 17.8 Å². The third kappa shape index (κ3) is 5.04. The summed E-state index contributed by atoms with van der Waals surface area (Å²) in [6.45, 7) is 0.723. The molecule has 3 aliphatic rings. The molecule has 2 saturated carbocycles. The zero-order valence-electron chi connectivity index (χ0n) is 19.7. The summed E-state index contributed by atoms with van der Waals surface area (Å²) in [5.74, 6) is -0.849. The van der Waals surface area contributed by atoms with E-state index in [0.717, 1.165) is 25.7 Å². The van der Waals surface area contributed by atoms with E-state index in [0.29, 0.717) is 19.4 Å². The molecule has 3 N–H and O–H groups in total. The lowest BCUT2D eigenvalue weighted by atomic mass is 9.78. The summed E-state index contributed by atoms with van der Waals surface area (Å²) in [6.07, 6.45) is 3.95. The van der Waals surface area contributed by atoms with Gasteiger partial charge in [0.2, 0.25) is 5.91 Å². The molecule has 0 unspecified atom stereocenters. The van der Waals surface area contributed by atoms with Gasteiger partial charge in [0.25, 0.3) is 0 Å². The van der Waals surface area contributed by atoms with Crippen LogP contribution >= 0.6 is 0 Å². The molecule has 2 amide bonds. The molecule has 184 valence electrons. The smallest absolute Gasteiger partial charge is 0.407 e. The topological polar surface area (TPSA) is 105 Å². The van der Waals surface area contributed by atoms with E-state index in [4.69, 9.17) is 4.74 Å². The quantitative estimate of drug-likeness (QED) is 0.527. The fraction of sp³-hybridized carbons (Fsp3) is 0.464. The first-order valence-electron chi connectivity index (χ1n) is 12.6. The SMILES string of the molecule is O=C(CC1CC(NC(=O)OCC2c3ccccc3-c3ccccc32)C1)NC[C@@H]1CCC[C@@H]1C(=O)O. The maximum atomic E-state index is 12.4. The Morgan fingerprint density at radius 2 is 1.60 bits per heavy atom. The minimum atomic E-state index is -0.761. The van der Waals surface area contributed by atoms with Crippen molar-refractivity contribution < 1.29 is 24.2 Å². The van der Waals surface area contributed by atoms with E-state index in [9.17, 15) is 19.5 Å². The number of carbonyl (C=O) groups is 3. The van der Waals surface area contributed by atoms with E-state index in [1.165, 1.54) is 22.3 Å². The Bertz CT molecular complexity index is 1060. The first kappa shape index (κ1) is 23.4. The molecule has 2 atom stereocenters. The number of alkyl carbamates (subject to hydrolysis) is 1. The lowest BCUT2D eigenvalue weighted by Crippen LogP contribution is -2.46. The molecule has 0 aromatic heterocycles. The first-order valence-corrected chi connectivity index (χ1v) is 12.6. The summed E-state index contributed by atoms with van der Waals surface area (Å²) in [5, 5.41) is 15.1. The van der Waals surface area contributed by atoms with E-state index >= 15 is 0 Å². The number of rotatable bonds is 8. The number of amides is 2. The van der Waals surface area contributed by atoms with Crippen LogP contribution in [0.1, 0.15) is 55.6 Å². The van der Waals surface area contributed by atoms with Crippen LogP contribution in [-0.4, -0.2) is 42.3 Å². The van der Waals surface area contributed by atoms with Gasteiger partial charge >= 0.3 is 12.1 Å². The molecule has 35 heavy (non-hydrogen) atoms. The Kier molecular flexibility index (Phi) is 6.75. The van der Waals surface area contributed by atoms with E-state index in [1.807, 2.05) is 24.3 Å². The van der Waals surface area contributed by atoms with Crippen LogP contribution in [0, 0.1) is 17.8 Å². The molecule has 7 heteroatoms. The molecule has 3 aliphatic carbocycles. The number of carbonyl (C=O) groups excluding carboxylic acids is 2. The number of nitrogens with one attached hydrogen (secondary N) is 2. The standard InChI is InChI=1S/C28H32N2O5/c31-26(29-15-18-6-5-11-20(18)27(32)33)14-17-12-19(13-17)30-28(34)35-16-25-23-9-3-1-7-21(23)22-8-2-4-10-24(22)25/h1-4,7-10,17-20,25H,5-6,11-16H2,(H,29,31)(H,30,34)(H,32,33)/t17?,18-,19?,20-/m0/s1. The molecule has 0 aliphatic heterocycles. The van der Waals surface area contributed by atoms with Gasteiger partial charge in [0.1, 0.15) is 6.61 Å². The highest BCUT2D eigenvalue weighted by molar-refractivity contribution is 5.79. The van der Waals surface area contributed by atoms with Gasteiger partial charge in [-0.2, -0.15) is 0 Å². The number of aliphatic carboxylic acids is 1. The Labute approximate surface area is 205 Å². The van der Waals surface area contributed by atoms with Gasteiger partial charge in [-0.3, -0.25) is 9.59 Å². The van der Waals surface area contributed by atoms with Gasteiger partial charge in [0, 0.05) is 24.9 Å². The zero-order valence-corrected chi connectivity index (χ0v) is 19.7. The average molecular weight is 477 g/mol. The third-order valence-corrected chi connectivity index (χ3v) is 7.91. The van der Waals surface area contributed by atoms with Crippen molar-refractivity contribution in [3.05, 3.63) is 59.7 Å². The average Bonchev–Trinajstić information content (AvgIpc) is 3.43. The van der Waals surface area contributed by atoms with Crippen LogP contribution in [0.15, 0.2) is 48.5 Å². The highest BCUT2D eigenvalue weighted by atomic mass is 16.5. The van der Waals surface area contributed by atoms with Gasteiger partial charge < -0.3 is 20.5 Å². The minimum absolute atomic E-state index is 0.0228. The number of carboxylic acids is 1. The van der Waals surface area contributed by atoms with Crippen molar-refractivity contribution in [3.63, 3.8) is 0 Å². The number of benzene rings is 2. The van der Waals surface area contributed by atoms with E-state index in [2.05, 4.69) is 34.9 Å². The number of hydrogen-bond acceptors (Lipinski definition) is 4. The zero-order chi connectivity index (χ0) is 24.4. The molecule has 0 saturated heterocycles. The fourth-order valence-corrected chi connectivity index (χ4v) is 6.01. The fourth-order valence-electron chi connectivity index (χ4n) is 6.01. The maximum Gasteiger partial charge on any atom is 0.407 e. The van der Waals surface area contributed by atoms with Crippen LogP contribution in [0.25, 0.3) is 11.1 Å². The van der Waals surface area contributed by atoms with Gasteiger partial charge in [-0.05, 0) is 59.8 Å². The summed E-state index contributed by atoms with van der Waals surface area (Å²) in [6, 6.07) is 16.5. The van der Waals surface area contributed by atoms with Crippen molar-refractivity contribution in [2.45, 2.75) is 50.5 Å². The number of fused-ring (bicyclic) bond motifs is 3. The van der Waals surface area contributed by atoms with Gasteiger partial charge in [0.15, 0.2) is 0 Å². The molecule has 0 heterocycles. The van der Waals surface area contributed by atoms with Crippen LogP contribution < -0.4 is 10.6 Å². The Morgan fingerprint density at radius 1 is 0.943 bits per heavy atom. The van der Waals surface area contributed by atoms with Crippen LogP contribution in [0.4, 0.5) is 4.79 Å². The van der Waals surface area contributed by atoms with Crippen molar-refractivity contribution in [2.75, 3.05) is 13.2 Å². The molecule has 2 fully saturated rings. The van der Waals surface area contributed by atoms with Crippen LogP contribution in [0.3, 0.4) is 0 Å². The number of carboxylic acid groups (broad SMARTS) is 1. The molecule has 0 radical (unpaired) electrons. The number of hydrogen-bond donors (Lipinski definition) is 3. The molecular formula is C28H32N2O5. The lowest BCUT2D eigenvalue weighted by molar-refractivity contribution is -0.143. The maximum absolute atomic E-state index is 12.4. The van der Waals surface area contributed by atoms with Crippen LogP contribution in [-0.2, 0) is 14.3 Å². The summed E-state index contributed by atoms with van der Waals surface area (Å²) in [7, 11) is 0. The van der Waals surface area contributed by atoms with Gasteiger partial charge in [0.05, 0.1) is 5.92 Å². The second-order valence-electron chi connectivity index (χ2n) is 10.1. The largest absolute Gasteiger partial charge is 0.481 e. The van der Waals surface area contributed by atoms with Crippen molar-refractivity contribution in [1.29, 1.82) is 0 Å². The molecule has 7 nitrogen and oxygen atoms in total. The normalized spacial score (nSPS) is 24.7. The van der Waals surface area contributed by atoms with Gasteiger partial charge in [-0.1, -0.05) is 55.0 Å². The van der Waals surface area contributed by atoms with Crippen LogP contribution in [0.2, 0.25) is 0 Å². The van der Waals surface area contributed by atoms with E-state index < -0.39 is 12.1 Å². The first-order chi connectivity index (χ1) is 17.0. The van der Waals surface area contributed by atoms with Crippen molar-refractivity contribution in [1.82, 2.24) is 10.6 Å². The molecule has 2 aromatic carbocycles. The molecular weight excluding hydrogens is 444 g/mol. The van der Waals surface area contributed by atoms with Crippen molar-refractivity contribution >= 4 is 18.0 Å². The summed E-state index contributed by atoms with van der Waals surface area (Å²) in [4.78, 5) is 36.0. The second kappa shape index (κ2) is 10.1. The Hall–Kier alpha value is -3.35. The highest BCUT2D eigenvalue weighted by Gasteiger charge is 2.35. The lowest BCUT2D eigenvalue weighted by Gasteiger charge is -2.35. The van der Waals surface area contributed by atoms with Gasteiger partial charge in [-0.15, -0.1) is 0 Å². The molecule has 0 bridgehead atoms. The van der Waals surface area contributed by atoms with Crippen molar-refractivity contribution in [3.8, 4) is 11.1 Å². The minimum Gasteiger partial charge on any atom is -0.481 e. The monoisotopic (exact) mass is 476 g/mol. The molecule has 2 aromatic rings. The third-order valence-electron chi connectivity index (χ3n) is 7.91. The Morgan fingerprint density at radius 3 is 2.26 bits per heavy atom. The second-order valence-corrected chi connectivity index (χ2v) is 10.1.